The molecular weight excluding hydrogens is 492 g/mol. The van der Waals surface area contributed by atoms with Gasteiger partial charge in [0, 0.05) is 50.6 Å². The van der Waals surface area contributed by atoms with Gasteiger partial charge < -0.3 is 19.3 Å². The van der Waals surface area contributed by atoms with E-state index in [2.05, 4.69) is 23.7 Å². The number of nitrogens with zero attached hydrogens (tertiary/aromatic N) is 4. The second kappa shape index (κ2) is 13.8. The number of aromatic nitrogens is 1. The number of hydrogen-bond acceptors (Lipinski definition) is 6. The van der Waals surface area contributed by atoms with Crippen molar-refractivity contribution in [1.29, 1.82) is 0 Å². The Hall–Kier alpha value is -3.91. The van der Waals surface area contributed by atoms with Crippen LogP contribution in [-0.2, 0) is 11.3 Å². The fourth-order valence-electron chi connectivity index (χ4n) is 4.78. The van der Waals surface area contributed by atoms with E-state index in [4.69, 9.17) is 9.47 Å². The van der Waals surface area contributed by atoms with Crippen molar-refractivity contribution in [1.82, 2.24) is 14.8 Å². The summed E-state index contributed by atoms with van der Waals surface area (Å²) in [5.74, 6) is 0.901. The van der Waals surface area contributed by atoms with E-state index in [9.17, 15) is 9.59 Å². The Morgan fingerprint density at radius 2 is 1.72 bits per heavy atom. The Morgan fingerprint density at radius 1 is 0.923 bits per heavy atom. The van der Waals surface area contributed by atoms with Crippen LogP contribution < -0.4 is 14.4 Å². The predicted molar refractivity (Wildman–Crippen MR) is 152 cm³/mol. The van der Waals surface area contributed by atoms with Gasteiger partial charge in [-0.15, -0.1) is 0 Å². The van der Waals surface area contributed by atoms with Crippen LogP contribution in [0.3, 0.4) is 0 Å². The molecule has 1 aliphatic rings. The van der Waals surface area contributed by atoms with Crippen molar-refractivity contribution >= 4 is 17.5 Å². The van der Waals surface area contributed by atoms with Crippen molar-refractivity contribution in [3.05, 3.63) is 84.2 Å². The number of benzene rings is 2. The number of para-hydroxylation sites is 2. The number of anilines is 1. The van der Waals surface area contributed by atoms with E-state index in [-0.39, 0.29) is 18.4 Å². The van der Waals surface area contributed by atoms with Crippen molar-refractivity contribution in [2.75, 3.05) is 44.3 Å². The standard InChI is InChI=1S/C31H38N4O4/c1-4-38-29-15-8-6-13-27(29)31(37)35-18-10-17-33(24(2)3)19-20-34(22-25-11-5-7-14-28(25)35)30(36)23-39-26-12-9-16-32-21-26/h5-9,11-16,21,24H,4,10,17-20,22-23H2,1-3H3. The summed E-state index contributed by atoms with van der Waals surface area (Å²) < 4.78 is 11.5. The molecule has 0 fully saturated rings. The Balaban J connectivity index is 1.66. The lowest BCUT2D eigenvalue weighted by Crippen LogP contribution is -2.42. The fourth-order valence-corrected chi connectivity index (χ4v) is 4.78. The minimum absolute atomic E-state index is 0.0834. The molecule has 1 aromatic heterocycles. The van der Waals surface area contributed by atoms with Crippen LogP contribution in [-0.4, -0.2) is 72.0 Å². The molecule has 0 aliphatic carbocycles. The quantitative estimate of drug-likeness (QED) is 0.443. The zero-order chi connectivity index (χ0) is 27.6. The maximum absolute atomic E-state index is 14.0. The van der Waals surface area contributed by atoms with E-state index in [0.29, 0.717) is 49.3 Å². The molecule has 1 aliphatic heterocycles. The summed E-state index contributed by atoms with van der Waals surface area (Å²) in [6.45, 7) is 9.65. The summed E-state index contributed by atoms with van der Waals surface area (Å²) in [5.41, 5.74) is 2.24. The van der Waals surface area contributed by atoms with Crippen LogP contribution in [0.1, 0.15) is 43.1 Å². The molecule has 2 aromatic carbocycles. The molecule has 0 spiro atoms. The summed E-state index contributed by atoms with van der Waals surface area (Å²) in [6.07, 6.45) is 4.06. The lowest BCUT2D eigenvalue weighted by atomic mass is 10.1. The Morgan fingerprint density at radius 3 is 2.49 bits per heavy atom. The van der Waals surface area contributed by atoms with Crippen LogP contribution >= 0.6 is 0 Å². The highest BCUT2D eigenvalue weighted by atomic mass is 16.5. The molecule has 0 N–H and O–H groups in total. The number of hydrogen-bond donors (Lipinski definition) is 0. The van der Waals surface area contributed by atoms with Crippen LogP contribution in [0, 0.1) is 0 Å². The SMILES string of the molecule is CCOc1ccccc1C(=O)N1CCCN(C(C)C)CCN(C(=O)COc2cccnc2)Cc2ccccc21. The highest BCUT2D eigenvalue weighted by molar-refractivity contribution is 6.08. The molecule has 0 saturated carbocycles. The zero-order valence-corrected chi connectivity index (χ0v) is 23.1. The summed E-state index contributed by atoms with van der Waals surface area (Å²) in [7, 11) is 0. The van der Waals surface area contributed by atoms with Crippen LogP contribution in [0.15, 0.2) is 73.1 Å². The summed E-state index contributed by atoms with van der Waals surface area (Å²) in [4.78, 5) is 37.5. The maximum atomic E-state index is 14.0. The van der Waals surface area contributed by atoms with Gasteiger partial charge in [-0.25, -0.2) is 0 Å². The fraction of sp³-hybridized carbons (Fsp3) is 0.387. The highest BCUT2D eigenvalue weighted by Crippen LogP contribution is 2.28. The minimum Gasteiger partial charge on any atom is -0.493 e. The molecule has 0 unspecified atom stereocenters. The van der Waals surface area contributed by atoms with E-state index in [1.165, 1.54) is 0 Å². The molecule has 0 radical (unpaired) electrons. The molecule has 8 nitrogen and oxygen atoms in total. The Bertz CT molecular complexity index is 1230. The molecule has 2 heterocycles. The first-order valence-electron chi connectivity index (χ1n) is 13.6. The number of rotatable bonds is 7. The predicted octanol–water partition coefficient (Wildman–Crippen LogP) is 4.65. The van der Waals surface area contributed by atoms with E-state index >= 15 is 0 Å². The summed E-state index contributed by atoms with van der Waals surface area (Å²) in [5, 5.41) is 0. The van der Waals surface area contributed by atoms with Gasteiger partial charge >= 0.3 is 0 Å². The summed E-state index contributed by atoms with van der Waals surface area (Å²) >= 11 is 0. The van der Waals surface area contributed by atoms with Crippen LogP contribution in [0.2, 0.25) is 0 Å². The number of amides is 2. The first-order valence-corrected chi connectivity index (χ1v) is 13.6. The van der Waals surface area contributed by atoms with Crippen molar-refractivity contribution in [3.8, 4) is 11.5 Å². The Labute approximate surface area is 231 Å². The lowest BCUT2D eigenvalue weighted by molar-refractivity contribution is -0.134. The van der Waals surface area contributed by atoms with Gasteiger partial charge in [-0.3, -0.25) is 19.5 Å². The number of carbonyl (C=O) groups is 2. The lowest BCUT2D eigenvalue weighted by Gasteiger charge is -2.30. The van der Waals surface area contributed by atoms with E-state index in [1.807, 2.05) is 65.3 Å². The van der Waals surface area contributed by atoms with Gasteiger partial charge in [-0.1, -0.05) is 30.3 Å². The first kappa shape index (κ1) is 28.1. The van der Waals surface area contributed by atoms with Crippen molar-refractivity contribution in [3.63, 3.8) is 0 Å². The van der Waals surface area contributed by atoms with E-state index < -0.39 is 0 Å². The topological polar surface area (TPSA) is 75.2 Å². The second-order valence-corrected chi connectivity index (χ2v) is 9.79. The first-order chi connectivity index (χ1) is 19.0. The number of pyridine rings is 1. The second-order valence-electron chi connectivity index (χ2n) is 9.79. The van der Waals surface area contributed by atoms with Gasteiger partial charge in [-0.2, -0.15) is 0 Å². The Kier molecular flexibility index (Phi) is 9.91. The molecular formula is C31H38N4O4. The van der Waals surface area contributed by atoms with Crippen molar-refractivity contribution < 1.29 is 19.1 Å². The molecule has 3 aromatic rings. The zero-order valence-electron chi connectivity index (χ0n) is 23.1. The monoisotopic (exact) mass is 530 g/mol. The number of ether oxygens (including phenoxy) is 2. The molecule has 39 heavy (non-hydrogen) atoms. The van der Waals surface area contributed by atoms with Gasteiger partial charge in [-0.05, 0) is 63.1 Å². The van der Waals surface area contributed by atoms with Gasteiger partial charge in [0.2, 0.25) is 0 Å². The molecule has 0 bridgehead atoms. The molecule has 0 atom stereocenters. The third-order valence-corrected chi connectivity index (χ3v) is 6.87. The average Bonchev–Trinajstić information content (AvgIpc) is 2.99. The van der Waals surface area contributed by atoms with E-state index in [1.54, 1.807) is 24.5 Å². The van der Waals surface area contributed by atoms with Crippen LogP contribution in [0.25, 0.3) is 0 Å². The van der Waals surface area contributed by atoms with Gasteiger partial charge in [0.15, 0.2) is 6.61 Å². The normalized spacial score (nSPS) is 14.9. The van der Waals surface area contributed by atoms with Gasteiger partial charge in [0.1, 0.15) is 11.5 Å². The van der Waals surface area contributed by atoms with Gasteiger partial charge in [0.25, 0.3) is 11.8 Å². The van der Waals surface area contributed by atoms with E-state index in [0.717, 1.165) is 30.8 Å². The minimum atomic E-state index is -0.115. The van der Waals surface area contributed by atoms with Crippen molar-refractivity contribution in [2.45, 2.75) is 39.8 Å². The van der Waals surface area contributed by atoms with Crippen LogP contribution in [0.5, 0.6) is 11.5 Å². The molecule has 8 heteroatoms. The smallest absolute Gasteiger partial charge is 0.262 e. The highest BCUT2D eigenvalue weighted by Gasteiger charge is 2.26. The summed E-state index contributed by atoms with van der Waals surface area (Å²) in [6, 6.07) is 19.1. The number of fused-ring (bicyclic) bond motifs is 1. The third kappa shape index (κ3) is 7.35. The maximum Gasteiger partial charge on any atom is 0.262 e. The molecule has 2 amide bonds. The number of carbonyl (C=O) groups excluding carboxylic acids is 2. The molecule has 4 rings (SSSR count). The third-order valence-electron chi connectivity index (χ3n) is 6.87. The molecule has 206 valence electrons. The van der Waals surface area contributed by atoms with Gasteiger partial charge in [0.05, 0.1) is 18.4 Å². The van der Waals surface area contributed by atoms with Crippen molar-refractivity contribution in [2.24, 2.45) is 0 Å². The van der Waals surface area contributed by atoms with Crippen LogP contribution in [0.4, 0.5) is 5.69 Å². The molecule has 0 saturated heterocycles. The largest absolute Gasteiger partial charge is 0.493 e. The average molecular weight is 531 g/mol.